The smallest absolute Gasteiger partial charge is 0.0851 e. The molecule has 0 radical (unpaired) electrons. The van der Waals surface area contributed by atoms with Crippen molar-refractivity contribution < 1.29 is 18.9 Å². The van der Waals surface area contributed by atoms with Gasteiger partial charge in [0.25, 0.3) is 0 Å². The lowest BCUT2D eigenvalue weighted by molar-refractivity contribution is 0.398. The van der Waals surface area contributed by atoms with Crippen molar-refractivity contribution in [3.8, 4) is 0 Å². The predicted octanol–water partition coefficient (Wildman–Crippen LogP) is 2.62. The molecule has 4 saturated heterocycles. The van der Waals surface area contributed by atoms with Crippen molar-refractivity contribution in [2.45, 2.75) is 56.5 Å². The van der Waals surface area contributed by atoms with Gasteiger partial charge in [-0.25, -0.2) is 0 Å². The number of epoxide rings is 4. The molecule has 5 heteroatoms. The van der Waals surface area contributed by atoms with Crippen LogP contribution >= 0.6 is 0 Å². The van der Waals surface area contributed by atoms with Gasteiger partial charge in [-0.15, -0.1) is 0 Å². The fourth-order valence-corrected chi connectivity index (χ4v) is 4.68. The molecule has 158 valence electrons. The van der Waals surface area contributed by atoms with E-state index in [-0.39, 0.29) is 0 Å². The van der Waals surface area contributed by atoms with Crippen LogP contribution in [0.3, 0.4) is 0 Å². The van der Waals surface area contributed by atoms with Gasteiger partial charge in [0.05, 0.1) is 50.8 Å². The molecule has 4 unspecified atom stereocenters. The minimum absolute atomic E-state index is 0.304. The van der Waals surface area contributed by atoms with E-state index < -0.39 is 0 Å². The quantitative estimate of drug-likeness (QED) is 0.484. The van der Waals surface area contributed by atoms with E-state index in [0.29, 0.717) is 24.4 Å². The molecule has 6 rings (SSSR count). The molecule has 0 bridgehead atoms. The van der Waals surface area contributed by atoms with Crippen molar-refractivity contribution >= 4 is 5.69 Å². The Bertz CT molecular complexity index is 875. The van der Waals surface area contributed by atoms with Crippen molar-refractivity contribution in [1.82, 2.24) is 0 Å². The van der Waals surface area contributed by atoms with Crippen LogP contribution in [0, 0.1) is 0 Å². The molecule has 4 heterocycles. The van der Waals surface area contributed by atoms with Gasteiger partial charge in [0, 0.05) is 31.4 Å². The Morgan fingerprint density at radius 2 is 1.00 bits per heavy atom. The number of nitrogen functional groups attached to an aromatic ring is 1. The van der Waals surface area contributed by atoms with E-state index in [4.69, 9.17) is 24.7 Å². The summed E-state index contributed by atoms with van der Waals surface area (Å²) in [7, 11) is 0. The van der Waals surface area contributed by atoms with Gasteiger partial charge in [-0.2, -0.15) is 0 Å². The molecule has 4 aliphatic rings. The summed E-state index contributed by atoms with van der Waals surface area (Å²) < 4.78 is 22.5. The van der Waals surface area contributed by atoms with Gasteiger partial charge in [-0.3, -0.25) is 0 Å². The second kappa shape index (κ2) is 7.65. The number of anilines is 1. The Morgan fingerprint density at radius 3 is 1.40 bits per heavy atom. The summed E-state index contributed by atoms with van der Waals surface area (Å²) in [6.07, 6.45) is 5.84. The molecule has 0 amide bonds. The lowest BCUT2D eigenvalue weighted by atomic mass is 9.81. The summed E-state index contributed by atoms with van der Waals surface area (Å²) in [6, 6.07) is 10.8. The van der Waals surface area contributed by atoms with Gasteiger partial charge >= 0.3 is 0 Å². The highest BCUT2D eigenvalue weighted by Gasteiger charge is 2.36. The molecule has 0 aliphatic carbocycles. The summed E-state index contributed by atoms with van der Waals surface area (Å²) >= 11 is 0. The number of hydrogen-bond acceptors (Lipinski definition) is 5. The summed E-state index contributed by atoms with van der Waals surface area (Å²) in [5, 5.41) is 0. The van der Waals surface area contributed by atoms with Crippen molar-refractivity contribution in [1.29, 1.82) is 0 Å². The zero-order valence-electron chi connectivity index (χ0n) is 17.3. The maximum Gasteiger partial charge on any atom is 0.0851 e. The van der Waals surface area contributed by atoms with Crippen molar-refractivity contribution in [2.75, 3.05) is 32.2 Å². The van der Waals surface area contributed by atoms with Crippen LogP contribution in [0.2, 0.25) is 0 Å². The molecular formula is C25H29NO4. The third-order valence-electron chi connectivity index (χ3n) is 6.67. The first-order valence-corrected chi connectivity index (χ1v) is 11.2. The highest BCUT2D eigenvalue weighted by molar-refractivity contribution is 5.65. The molecule has 2 N–H and O–H groups in total. The Hall–Kier alpha value is -1.92. The van der Waals surface area contributed by atoms with Crippen LogP contribution in [-0.4, -0.2) is 50.8 Å². The van der Waals surface area contributed by atoms with Crippen molar-refractivity contribution in [2.24, 2.45) is 0 Å². The second-order valence-corrected chi connectivity index (χ2v) is 9.11. The third kappa shape index (κ3) is 4.26. The maximum absolute atomic E-state index is 6.90. The Labute approximate surface area is 177 Å². The highest BCUT2D eigenvalue weighted by atomic mass is 16.6. The van der Waals surface area contributed by atoms with Crippen molar-refractivity contribution in [3.05, 3.63) is 63.7 Å². The van der Waals surface area contributed by atoms with Gasteiger partial charge in [0.1, 0.15) is 0 Å². The number of benzene rings is 2. The van der Waals surface area contributed by atoms with Crippen LogP contribution in [0.15, 0.2) is 30.3 Å². The standard InChI is InChI=1S/C25H29NO4/c26-25-23(9-18-13-29-18)21(7-16-11-27-16)20(6-15-4-2-1-3-5-15)22(8-17-12-28-17)24(25)10-19-14-30-19/h1-5,16-19H,6-14,26H2. The van der Waals surface area contributed by atoms with Gasteiger partial charge < -0.3 is 24.7 Å². The van der Waals surface area contributed by atoms with E-state index in [1.807, 2.05) is 0 Å². The van der Waals surface area contributed by atoms with E-state index in [1.165, 1.54) is 33.4 Å². The van der Waals surface area contributed by atoms with Gasteiger partial charge in [0.2, 0.25) is 0 Å². The average molecular weight is 408 g/mol. The van der Waals surface area contributed by atoms with E-state index in [2.05, 4.69) is 30.3 Å². The van der Waals surface area contributed by atoms with Crippen LogP contribution in [0.4, 0.5) is 5.69 Å². The monoisotopic (exact) mass is 407 g/mol. The van der Waals surface area contributed by atoms with Crippen LogP contribution in [0.25, 0.3) is 0 Å². The van der Waals surface area contributed by atoms with E-state index >= 15 is 0 Å². The first-order chi connectivity index (χ1) is 14.7. The van der Waals surface area contributed by atoms with E-state index in [0.717, 1.165) is 64.2 Å². The summed E-state index contributed by atoms with van der Waals surface area (Å²) in [5.74, 6) is 0. The van der Waals surface area contributed by atoms with Crippen LogP contribution in [0.5, 0.6) is 0 Å². The lowest BCUT2D eigenvalue weighted by Gasteiger charge is -2.25. The molecule has 30 heavy (non-hydrogen) atoms. The number of ether oxygens (including phenoxy) is 4. The fourth-order valence-electron chi connectivity index (χ4n) is 4.68. The number of rotatable bonds is 10. The zero-order chi connectivity index (χ0) is 20.1. The first kappa shape index (κ1) is 18.8. The predicted molar refractivity (Wildman–Crippen MR) is 114 cm³/mol. The Kier molecular flexibility index (Phi) is 4.80. The second-order valence-electron chi connectivity index (χ2n) is 9.11. The average Bonchev–Trinajstić information content (AvgIpc) is 3.59. The summed E-state index contributed by atoms with van der Waals surface area (Å²) in [5.41, 5.74) is 16.0. The fraction of sp³-hybridized carbons (Fsp3) is 0.520. The Balaban J connectivity index is 1.50. The molecule has 0 saturated carbocycles. The minimum atomic E-state index is 0.304. The topological polar surface area (TPSA) is 76.1 Å². The molecule has 5 nitrogen and oxygen atoms in total. The normalized spacial score (nSPS) is 28.4. The zero-order valence-corrected chi connectivity index (χ0v) is 17.3. The SMILES string of the molecule is Nc1c(CC2CO2)c(CC2CO2)c(Cc2ccccc2)c(CC2CO2)c1CC1CO1. The van der Waals surface area contributed by atoms with E-state index in [9.17, 15) is 0 Å². The molecule has 0 aromatic heterocycles. The van der Waals surface area contributed by atoms with Crippen LogP contribution in [0.1, 0.15) is 33.4 Å². The third-order valence-corrected chi connectivity index (χ3v) is 6.67. The van der Waals surface area contributed by atoms with Gasteiger partial charge in [-0.1, -0.05) is 30.3 Å². The highest BCUT2D eigenvalue weighted by Crippen LogP contribution is 2.39. The van der Waals surface area contributed by atoms with Crippen LogP contribution in [-0.2, 0) is 51.1 Å². The van der Waals surface area contributed by atoms with Crippen LogP contribution < -0.4 is 5.73 Å². The molecule has 0 spiro atoms. The number of hydrogen-bond donors (Lipinski definition) is 1. The molecular weight excluding hydrogens is 378 g/mol. The molecule has 2 aromatic rings. The minimum Gasteiger partial charge on any atom is -0.398 e. The van der Waals surface area contributed by atoms with Gasteiger partial charge in [-0.05, 0) is 39.8 Å². The molecule has 2 aromatic carbocycles. The van der Waals surface area contributed by atoms with Gasteiger partial charge in [0.15, 0.2) is 0 Å². The summed E-state index contributed by atoms with van der Waals surface area (Å²) in [4.78, 5) is 0. The maximum atomic E-state index is 6.90. The number of nitrogens with two attached hydrogens (primary N) is 1. The molecule has 4 aliphatic heterocycles. The summed E-state index contributed by atoms with van der Waals surface area (Å²) in [6.45, 7) is 3.38. The lowest BCUT2D eigenvalue weighted by Crippen LogP contribution is -2.18. The largest absolute Gasteiger partial charge is 0.398 e. The molecule has 4 fully saturated rings. The first-order valence-electron chi connectivity index (χ1n) is 11.2. The molecule has 4 atom stereocenters. The van der Waals surface area contributed by atoms with E-state index in [1.54, 1.807) is 0 Å². The Morgan fingerprint density at radius 1 is 0.600 bits per heavy atom. The van der Waals surface area contributed by atoms with Crippen molar-refractivity contribution in [3.63, 3.8) is 0 Å².